The molecule has 20 heavy (non-hydrogen) atoms. The third-order valence-electron chi connectivity index (χ3n) is 2.33. The molecule has 0 heterocycles. The van der Waals surface area contributed by atoms with Crippen LogP contribution >= 0.6 is 0 Å². The van der Waals surface area contributed by atoms with E-state index in [4.69, 9.17) is 20.2 Å². The smallest absolute Gasteiger partial charge is 0.371 e. The summed E-state index contributed by atoms with van der Waals surface area (Å²) in [6, 6.07) is 8.26. The van der Waals surface area contributed by atoms with Crippen LogP contribution in [0.4, 0.5) is 0 Å². The molecule has 0 aromatic heterocycles. The number of carboxylic acids is 1. The average molecular weight is 275 g/mol. The van der Waals surface area contributed by atoms with Crippen molar-refractivity contribution in [2.75, 3.05) is 6.61 Å². The van der Waals surface area contributed by atoms with Gasteiger partial charge in [0.2, 0.25) is 5.76 Å². The van der Waals surface area contributed by atoms with Gasteiger partial charge in [-0.25, -0.2) is 4.79 Å². The second kappa shape index (κ2) is 7.59. The van der Waals surface area contributed by atoms with Gasteiger partial charge in [0, 0.05) is 12.5 Å². The molecule has 0 amide bonds. The van der Waals surface area contributed by atoms with Gasteiger partial charge in [-0.2, -0.15) is 5.26 Å². The van der Waals surface area contributed by atoms with E-state index in [1.165, 1.54) is 6.07 Å². The van der Waals surface area contributed by atoms with Gasteiger partial charge in [0.25, 0.3) is 0 Å². The van der Waals surface area contributed by atoms with Crippen LogP contribution in [0.2, 0.25) is 0 Å². The summed E-state index contributed by atoms with van der Waals surface area (Å²) < 4.78 is 5.37. The maximum Gasteiger partial charge on any atom is 0.371 e. The molecule has 104 valence electrons. The van der Waals surface area contributed by atoms with E-state index in [0.29, 0.717) is 18.9 Å². The molecule has 2 N–H and O–H groups in total. The van der Waals surface area contributed by atoms with Crippen molar-refractivity contribution in [3.8, 4) is 11.8 Å². The third-order valence-corrected chi connectivity index (χ3v) is 2.33. The van der Waals surface area contributed by atoms with Crippen molar-refractivity contribution in [2.45, 2.75) is 12.8 Å². The van der Waals surface area contributed by atoms with Crippen molar-refractivity contribution >= 4 is 11.8 Å². The quantitative estimate of drug-likeness (QED) is 0.341. The number of carbonyl (C=O) groups excluding carboxylic acids is 1. The number of unbranched alkanes of at least 4 members (excludes halogenated alkanes) is 1. The Bertz CT molecular complexity index is 571. The number of aliphatic carboxylic acids is 1. The van der Waals surface area contributed by atoms with Crippen LogP contribution in [0.3, 0.4) is 0 Å². The van der Waals surface area contributed by atoms with Crippen molar-refractivity contribution in [2.24, 2.45) is 0 Å². The lowest BCUT2D eigenvalue weighted by molar-refractivity contribution is -0.135. The van der Waals surface area contributed by atoms with Crippen LogP contribution in [0.25, 0.3) is 0 Å². The van der Waals surface area contributed by atoms with Crippen molar-refractivity contribution < 1.29 is 24.5 Å². The standard InChI is InChI=1S/C14H13NO5/c15-7-3-4-8-20-13-6-2-1-5-10(13)11(16)9-12(17)14(18)19/h1-2,5-6,9,17H,3-4,8H2,(H,18,19)/b12-9+. The fourth-order valence-electron chi connectivity index (χ4n) is 1.39. The van der Waals surface area contributed by atoms with E-state index in [0.717, 1.165) is 0 Å². The predicted octanol–water partition coefficient (Wildman–Crippen LogP) is 2.08. The molecule has 0 fully saturated rings. The first-order valence-corrected chi connectivity index (χ1v) is 5.83. The summed E-state index contributed by atoms with van der Waals surface area (Å²) >= 11 is 0. The number of carboxylic acid groups (broad SMARTS) is 1. The summed E-state index contributed by atoms with van der Waals surface area (Å²) in [6.45, 7) is 0.270. The Morgan fingerprint density at radius 2 is 2.00 bits per heavy atom. The Morgan fingerprint density at radius 3 is 2.65 bits per heavy atom. The highest BCUT2D eigenvalue weighted by Gasteiger charge is 2.13. The highest BCUT2D eigenvalue weighted by molar-refractivity contribution is 6.09. The summed E-state index contributed by atoms with van der Waals surface area (Å²) in [7, 11) is 0. The number of ether oxygens (including phenoxy) is 1. The number of para-hydroxylation sites is 1. The Hall–Kier alpha value is -2.81. The molecule has 6 heteroatoms. The van der Waals surface area contributed by atoms with Gasteiger partial charge in [0.05, 0.1) is 18.2 Å². The van der Waals surface area contributed by atoms with Gasteiger partial charge in [-0.3, -0.25) is 4.79 Å². The predicted molar refractivity (Wildman–Crippen MR) is 69.5 cm³/mol. The van der Waals surface area contributed by atoms with Gasteiger partial charge < -0.3 is 14.9 Å². The maximum absolute atomic E-state index is 11.8. The highest BCUT2D eigenvalue weighted by atomic mass is 16.5. The molecule has 0 saturated carbocycles. The van der Waals surface area contributed by atoms with E-state index in [1.54, 1.807) is 18.2 Å². The number of nitrogens with zero attached hydrogens (tertiary/aromatic N) is 1. The monoisotopic (exact) mass is 275 g/mol. The summed E-state index contributed by atoms with van der Waals surface area (Å²) in [4.78, 5) is 22.3. The zero-order chi connectivity index (χ0) is 15.0. The molecule has 0 aliphatic heterocycles. The fourth-order valence-corrected chi connectivity index (χ4v) is 1.39. The molecule has 0 atom stereocenters. The molecule has 1 aromatic rings. The molecule has 1 rings (SSSR count). The normalized spacial score (nSPS) is 10.7. The number of hydrogen-bond acceptors (Lipinski definition) is 5. The molecule has 0 spiro atoms. The Morgan fingerprint density at radius 1 is 1.30 bits per heavy atom. The lowest BCUT2D eigenvalue weighted by Crippen LogP contribution is -2.06. The minimum atomic E-state index is -1.58. The van der Waals surface area contributed by atoms with E-state index in [-0.39, 0.29) is 17.9 Å². The first-order chi connectivity index (χ1) is 9.56. The number of aliphatic hydroxyl groups is 1. The zero-order valence-corrected chi connectivity index (χ0v) is 10.6. The number of carbonyl (C=O) groups is 2. The minimum absolute atomic E-state index is 0.150. The zero-order valence-electron chi connectivity index (χ0n) is 10.6. The number of ketones is 1. The van der Waals surface area contributed by atoms with Crippen molar-refractivity contribution in [1.82, 2.24) is 0 Å². The van der Waals surface area contributed by atoms with E-state index in [2.05, 4.69) is 0 Å². The summed E-state index contributed by atoms with van der Waals surface area (Å²) in [6.07, 6.45) is 1.49. The van der Waals surface area contributed by atoms with Crippen LogP contribution in [0, 0.1) is 11.3 Å². The lowest BCUT2D eigenvalue weighted by atomic mass is 10.1. The second-order valence-corrected chi connectivity index (χ2v) is 3.81. The molecule has 6 nitrogen and oxygen atoms in total. The third kappa shape index (κ3) is 4.46. The Balaban J connectivity index is 2.85. The molecule has 1 aromatic carbocycles. The van der Waals surface area contributed by atoms with Crippen LogP contribution in [0.5, 0.6) is 5.75 Å². The molecule has 0 aliphatic carbocycles. The number of nitriles is 1. The van der Waals surface area contributed by atoms with Crippen molar-refractivity contribution in [1.29, 1.82) is 5.26 Å². The molecule has 0 saturated heterocycles. The first-order valence-electron chi connectivity index (χ1n) is 5.83. The average Bonchev–Trinajstić information content (AvgIpc) is 2.43. The van der Waals surface area contributed by atoms with E-state index < -0.39 is 17.5 Å². The largest absolute Gasteiger partial charge is 0.502 e. The molecule has 0 radical (unpaired) electrons. The molecular weight excluding hydrogens is 262 g/mol. The van der Waals surface area contributed by atoms with Crippen LogP contribution in [-0.2, 0) is 4.79 Å². The molecule has 0 unspecified atom stereocenters. The summed E-state index contributed by atoms with van der Waals surface area (Å²) in [5.74, 6) is -2.99. The number of hydrogen-bond donors (Lipinski definition) is 2. The minimum Gasteiger partial charge on any atom is -0.502 e. The Kier molecular flexibility index (Phi) is 5.78. The van der Waals surface area contributed by atoms with Crippen molar-refractivity contribution in [3.63, 3.8) is 0 Å². The number of aliphatic hydroxyl groups excluding tert-OH is 1. The van der Waals surface area contributed by atoms with E-state index in [9.17, 15) is 9.59 Å². The SMILES string of the molecule is N#CCCCOc1ccccc1C(=O)/C=C(/O)C(=O)O. The first kappa shape index (κ1) is 15.2. The topological polar surface area (TPSA) is 108 Å². The summed E-state index contributed by atoms with van der Waals surface area (Å²) in [5.41, 5.74) is 0.150. The number of benzene rings is 1. The van der Waals surface area contributed by atoms with Gasteiger partial charge in [0.1, 0.15) is 5.75 Å². The number of rotatable bonds is 7. The molecule has 0 bridgehead atoms. The van der Waals surface area contributed by atoms with Crippen LogP contribution in [0.15, 0.2) is 36.1 Å². The van der Waals surface area contributed by atoms with Crippen LogP contribution < -0.4 is 4.74 Å². The van der Waals surface area contributed by atoms with Gasteiger partial charge in [-0.15, -0.1) is 0 Å². The van der Waals surface area contributed by atoms with Gasteiger partial charge in [0.15, 0.2) is 5.78 Å². The van der Waals surface area contributed by atoms with Crippen LogP contribution in [0.1, 0.15) is 23.2 Å². The van der Waals surface area contributed by atoms with Gasteiger partial charge in [-0.1, -0.05) is 12.1 Å². The maximum atomic E-state index is 11.8. The molecule has 0 aliphatic rings. The van der Waals surface area contributed by atoms with E-state index in [1.807, 2.05) is 6.07 Å². The lowest BCUT2D eigenvalue weighted by Gasteiger charge is -2.08. The van der Waals surface area contributed by atoms with Crippen LogP contribution in [-0.4, -0.2) is 28.6 Å². The summed E-state index contributed by atoms with van der Waals surface area (Å²) in [5, 5.41) is 26.0. The van der Waals surface area contributed by atoms with Gasteiger partial charge >= 0.3 is 5.97 Å². The highest BCUT2D eigenvalue weighted by Crippen LogP contribution is 2.19. The van der Waals surface area contributed by atoms with E-state index >= 15 is 0 Å². The Labute approximate surface area is 115 Å². The fraction of sp³-hybridized carbons (Fsp3) is 0.214. The molecular formula is C14H13NO5. The number of allylic oxidation sites excluding steroid dienone is 1. The van der Waals surface area contributed by atoms with Gasteiger partial charge in [-0.05, 0) is 18.6 Å². The second-order valence-electron chi connectivity index (χ2n) is 3.81. The van der Waals surface area contributed by atoms with Crippen molar-refractivity contribution in [3.05, 3.63) is 41.7 Å².